The van der Waals surface area contributed by atoms with E-state index in [1.807, 2.05) is 0 Å². The molecular weight excluding hydrogens is 315 g/mol. The Morgan fingerprint density at radius 2 is 2.21 bits per heavy atom. The molecule has 100 valence electrons. The van der Waals surface area contributed by atoms with Crippen LogP contribution < -0.4 is 11.1 Å². The van der Waals surface area contributed by atoms with Crippen LogP contribution in [0.5, 0.6) is 0 Å². The summed E-state index contributed by atoms with van der Waals surface area (Å²) >= 11 is 3.05. The summed E-state index contributed by atoms with van der Waals surface area (Å²) in [5, 5.41) is 6.71. The second kappa shape index (κ2) is 5.00. The summed E-state index contributed by atoms with van der Waals surface area (Å²) in [7, 11) is 1.67. The molecule has 3 N–H and O–H groups in total. The average molecular weight is 327 g/mol. The molecule has 1 heterocycles. The van der Waals surface area contributed by atoms with Crippen LogP contribution in [0.1, 0.15) is 16.1 Å². The fraction of sp³-hybridized carbons (Fsp3) is 0.167. The molecule has 1 aromatic heterocycles. The van der Waals surface area contributed by atoms with Gasteiger partial charge in [-0.05, 0) is 35.0 Å². The molecule has 0 bridgehead atoms. The standard InChI is InChI=1S/C12H12BrFN4O/c1-6-10(15)11(18(2)17-6)16-12(19)7-4-3-5-8(14)9(7)13/h3-5H,15H2,1-2H3,(H,16,19). The van der Waals surface area contributed by atoms with Gasteiger partial charge in [-0.3, -0.25) is 9.48 Å². The van der Waals surface area contributed by atoms with E-state index >= 15 is 0 Å². The minimum Gasteiger partial charge on any atom is -0.394 e. The van der Waals surface area contributed by atoms with E-state index in [2.05, 4.69) is 26.3 Å². The number of hydrogen-bond acceptors (Lipinski definition) is 3. The van der Waals surface area contributed by atoms with Gasteiger partial charge in [0, 0.05) is 7.05 Å². The van der Waals surface area contributed by atoms with Crippen LogP contribution in [-0.2, 0) is 7.05 Å². The molecule has 0 radical (unpaired) electrons. The van der Waals surface area contributed by atoms with Crippen molar-refractivity contribution in [3.8, 4) is 0 Å². The van der Waals surface area contributed by atoms with Gasteiger partial charge in [0.25, 0.3) is 5.91 Å². The summed E-state index contributed by atoms with van der Waals surface area (Å²) in [5.74, 6) is -0.568. The molecule has 0 aliphatic carbocycles. The van der Waals surface area contributed by atoms with Crippen molar-refractivity contribution in [3.63, 3.8) is 0 Å². The average Bonchev–Trinajstić information content (AvgIpc) is 2.59. The van der Waals surface area contributed by atoms with Crippen molar-refractivity contribution in [1.82, 2.24) is 9.78 Å². The molecule has 1 amide bonds. The highest BCUT2D eigenvalue weighted by molar-refractivity contribution is 9.10. The number of amides is 1. The number of carbonyl (C=O) groups excluding carboxylic acids is 1. The number of nitrogens with two attached hydrogens (primary N) is 1. The summed E-state index contributed by atoms with van der Waals surface area (Å²) < 4.78 is 15.0. The largest absolute Gasteiger partial charge is 0.394 e. The van der Waals surface area contributed by atoms with Crippen LogP contribution >= 0.6 is 15.9 Å². The quantitative estimate of drug-likeness (QED) is 0.890. The Morgan fingerprint density at radius 1 is 1.53 bits per heavy atom. The molecule has 7 heteroatoms. The Morgan fingerprint density at radius 3 is 2.79 bits per heavy atom. The lowest BCUT2D eigenvalue weighted by molar-refractivity contribution is 0.102. The zero-order chi connectivity index (χ0) is 14.2. The van der Waals surface area contributed by atoms with Crippen LogP contribution in [0.15, 0.2) is 22.7 Å². The lowest BCUT2D eigenvalue weighted by atomic mass is 10.2. The number of aryl methyl sites for hydroxylation is 2. The molecular formula is C12H12BrFN4O. The topological polar surface area (TPSA) is 72.9 Å². The van der Waals surface area contributed by atoms with Gasteiger partial charge in [0.15, 0.2) is 5.82 Å². The molecule has 0 saturated heterocycles. The Hall–Kier alpha value is -1.89. The highest BCUT2D eigenvalue weighted by Crippen LogP contribution is 2.24. The molecule has 19 heavy (non-hydrogen) atoms. The first kappa shape index (κ1) is 13.5. The molecule has 1 aromatic carbocycles. The Bertz CT molecular complexity index is 653. The molecule has 0 spiro atoms. The minimum atomic E-state index is -0.498. The third kappa shape index (κ3) is 2.46. The van der Waals surface area contributed by atoms with Crippen molar-refractivity contribution in [2.24, 2.45) is 7.05 Å². The van der Waals surface area contributed by atoms with E-state index < -0.39 is 11.7 Å². The molecule has 2 aromatic rings. The minimum absolute atomic E-state index is 0.116. The van der Waals surface area contributed by atoms with Crippen molar-refractivity contribution >= 4 is 33.3 Å². The van der Waals surface area contributed by atoms with Crippen LogP contribution in [0.25, 0.3) is 0 Å². The molecule has 0 atom stereocenters. The van der Waals surface area contributed by atoms with E-state index in [1.54, 1.807) is 14.0 Å². The first-order valence-electron chi connectivity index (χ1n) is 5.46. The molecule has 0 aliphatic heterocycles. The molecule has 2 rings (SSSR count). The summed E-state index contributed by atoms with van der Waals surface area (Å²) in [6.45, 7) is 1.74. The van der Waals surface area contributed by atoms with Crippen molar-refractivity contribution in [1.29, 1.82) is 0 Å². The molecule has 0 aliphatic rings. The normalized spacial score (nSPS) is 10.5. The van der Waals surface area contributed by atoms with E-state index in [-0.39, 0.29) is 10.0 Å². The van der Waals surface area contributed by atoms with E-state index in [4.69, 9.17) is 5.73 Å². The maximum absolute atomic E-state index is 13.4. The van der Waals surface area contributed by atoms with Gasteiger partial charge in [-0.15, -0.1) is 0 Å². The van der Waals surface area contributed by atoms with Gasteiger partial charge in [-0.1, -0.05) is 6.07 Å². The molecule has 0 saturated carbocycles. The van der Waals surface area contributed by atoms with Crippen molar-refractivity contribution < 1.29 is 9.18 Å². The zero-order valence-corrected chi connectivity index (χ0v) is 12.0. The summed E-state index contributed by atoms with van der Waals surface area (Å²) in [6.07, 6.45) is 0. The van der Waals surface area contributed by atoms with Crippen LogP contribution in [0.4, 0.5) is 15.9 Å². The maximum Gasteiger partial charge on any atom is 0.258 e. The highest BCUT2D eigenvalue weighted by Gasteiger charge is 2.17. The highest BCUT2D eigenvalue weighted by atomic mass is 79.9. The number of nitrogen functional groups attached to an aromatic ring is 1. The predicted molar refractivity (Wildman–Crippen MR) is 74.4 cm³/mol. The number of rotatable bonds is 2. The number of carbonyl (C=O) groups is 1. The maximum atomic E-state index is 13.4. The number of anilines is 2. The van der Waals surface area contributed by atoms with Crippen LogP contribution in [0, 0.1) is 12.7 Å². The number of hydrogen-bond donors (Lipinski definition) is 2. The van der Waals surface area contributed by atoms with Gasteiger partial charge in [0.2, 0.25) is 0 Å². The SMILES string of the molecule is Cc1nn(C)c(NC(=O)c2cccc(F)c2Br)c1N. The van der Waals surface area contributed by atoms with Gasteiger partial charge >= 0.3 is 0 Å². The lowest BCUT2D eigenvalue weighted by Gasteiger charge is -2.08. The molecule has 0 unspecified atom stereocenters. The number of nitrogens with zero attached hydrogens (tertiary/aromatic N) is 2. The Labute approximate surface area is 117 Å². The Kier molecular flexibility index (Phi) is 3.57. The predicted octanol–water partition coefficient (Wildman–Crippen LogP) is 2.46. The fourth-order valence-electron chi connectivity index (χ4n) is 1.68. The summed E-state index contributed by atoms with van der Waals surface area (Å²) in [6, 6.07) is 4.25. The van der Waals surface area contributed by atoms with Crippen molar-refractivity contribution in [2.45, 2.75) is 6.92 Å². The lowest BCUT2D eigenvalue weighted by Crippen LogP contribution is -2.16. The second-order valence-electron chi connectivity index (χ2n) is 4.03. The number of halogens is 2. The van der Waals surface area contributed by atoms with Gasteiger partial charge in [-0.25, -0.2) is 4.39 Å². The van der Waals surface area contributed by atoms with E-state index in [9.17, 15) is 9.18 Å². The number of aromatic nitrogens is 2. The van der Waals surface area contributed by atoms with Crippen molar-refractivity contribution in [3.05, 3.63) is 39.7 Å². The van der Waals surface area contributed by atoms with Gasteiger partial charge < -0.3 is 11.1 Å². The van der Waals surface area contributed by atoms with E-state index in [0.29, 0.717) is 17.2 Å². The summed E-state index contributed by atoms with van der Waals surface area (Å²) in [4.78, 5) is 12.1. The van der Waals surface area contributed by atoms with Crippen LogP contribution in [0.2, 0.25) is 0 Å². The second-order valence-corrected chi connectivity index (χ2v) is 4.82. The third-order valence-corrected chi connectivity index (χ3v) is 3.50. The monoisotopic (exact) mass is 326 g/mol. The van der Waals surface area contributed by atoms with Crippen LogP contribution in [-0.4, -0.2) is 15.7 Å². The third-order valence-electron chi connectivity index (χ3n) is 2.70. The van der Waals surface area contributed by atoms with Crippen molar-refractivity contribution in [2.75, 3.05) is 11.1 Å². The molecule has 5 nitrogen and oxygen atoms in total. The first-order valence-corrected chi connectivity index (χ1v) is 6.25. The van der Waals surface area contributed by atoms with E-state index in [0.717, 1.165) is 0 Å². The van der Waals surface area contributed by atoms with E-state index in [1.165, 1.54) is 22.9 Å². The summed E-state index contributed by atoms with van der Waals surface area (Å²) in [5.41, 5.74) is 7.02. The molecule has 0 fully saturated rings. The van der Waals surface area contributed by atoms with Gasteiger partial charge in [0.05, 0.1) is 21.4 Å². The Balaban J connectivity index is 2.34. The van der Waals surface area contributed by atoms with Gasteiger partial charge in [0.1, 0.15) is 5.82 Å². The van der Waals surface area contributed by atoms with Gasteiger partial charge in [-0.2, -0.15) is 5.10 Å². The smallest absolute Gasteiger partial charge is 0.258 e. The van der Waals surface area contributed by atoms with Crippen LogP contribution in [0.3, 0.4) is 0 Å². The zero-order valence-electron chi connectivity index (χ0n) is 10.4. The number of benzene rings is 1. The fourth-order valence-corrected chi connectivity index (χ4v) is 2.12. The first-order chi connectivity index (χ1) is 8.91. The number of nitrogens with one attached hydrogen (secondary N) is 1.